The second kappa shape index (κ2) is 6.48. The summed E-state index contributed by atoms with van der Waals surface area (Å²) in [5.41, 5.74) is 8.63. The van der Waals surface area contributed by atoms with Crippen LogP contribution in [0.4, 0.5) is 0 Å². The van der Waals surface area contributed by atoms with Crippen molar-refractivity contribution in [3.8, 4) is 11.1 Å². The van der Waals surface area contributed by atoms with Crippen LogP contribution in [0.1, 0.15) is 40.1 Å². The zero-order valence-corrected chi connectivity index (χ0v) is 15.5. The minimum atomic E-state index is -0.0762. The topological polar surface area (TPSA) is 70.4 Å². The number of nitrogens with one attached hydrogen (secondary N) is 1. The van der Waals surface area contributed by atoms with Crippen molar-refractivity contribution in [1.29, 1.82) is 0 Å². The van der Waals surface area contributed by atoms with Gasteiger partial charge in [-0.05, 0) is 64.2 Å². The Kier molecular flexibility index (Phi) is 4.52. The monoisotopic (exact) mass is 339 g/mol. The van der Waals surface area contributed by atoms with Gasteiger partial charge < -0.3 is 5.11 Å². The van der Waals surface area contributed by atoms with Crippen molar-refractivity contribution in [1.82, 2.24) is 14.6 Å². The maximum atomic E-state index is 12.9. The largest absolute Gasteiger partial charge is 0.396 e. The summed E-state index contributed by atoms with van der Waals surface area (Å²) in [4.78, 5) is 17.6. The van der Waals surface area contributed by atoms with E-state index < -0.39 is 0 Å². The molecule has 1 aromatic carbocycles. The number of fused-ring (bicyclic) bond motifs is 1. The SMILES string of the molecule is Cc1cc(C)c(-c2c(C)[nH]n3c(=O)c(CCCO)c(C)nc23)c(C)c1. The molecule has 0 radical (unpaired) electrons. The molecule has 5 nitrogen and oxygen atoms in total. The van der Waals surface area contributed by atoms with Gasteiger partial charge in [-0.3, -0.25) is 9.89 Å². The molecule has 0 aliphatic rings. The first-order valence-electron chi connectivity index (χ1n) is 8.65. The molecule has 0 unspecified atom stereocenters. The molecule has 2 aromatic heterocycles. The Morgan fingerprint density at radius 3 is 2.32 bits per heavy atom. The third kappa shape index (κ3) is 2.89. The van der Waals surface area contributed by atoms with Crippen molar-refractivity contribution in [3.63, 3.8) is 0 Å². The van der Waals surface area contributed by atoms with Crippen molar-refractivity contribution in [2.24, 2.45) is 0 Å². The van der Waals surface area contributed by atoms with Crippen LogP contribution in [0.5, 0.6) is 0 Å². The van der Waals surface area contributed by atoms with Gasteiger partial charge in [0.25, 0.3) is 5.56 Å². The smallest absolute Gasteiger partial charge is 0.276 e. The summed E-state index contributed by atoms with van der Waals surface area (Å²) in [5.74, 6) is 0. The van der Waals surface area contributed by atoms with E-state index in [0.717, 1.165) is 22.5 Å². The van der Waals surface area contributed by atoms with E-state index in [0.29, 0.717) is 24.1 Å². The summed E-state index contributed by atoms with van der Waals surface area (Å²) in [7, 11) is 0. The highest BCUT2D eigenvalue weighted by molar-refractivity contribution is 5.84. The molecular weight excluding hydrogens is 314 g/mol. The van der Waals surface area contributed by atoms with Crippen molar-refractivity contribution in [2.75, 3.05) is 6.61 Å². The highest BCUT2D eigenvalue weighted by Crippen LogP contribution is 2.33. The van der Waals surface area contributed by atoms with Gasteiger partial charge in [-0.1, -0.05) is 17.7 Å². The molecule has 0 saturated heterocycles. The number of aliphatic hydroxyl groups excluding tert-OH is 1. The summed E-state index contributed by atoms with van der Waals surface area (Å²) in [6.45, 7) is 10.2. The first kappa shape index (κ1) is 17.4. The molecule has 3 aromatic rings. The van der Waals surface area contributed by atoms with Gasteiger partial charge in [-0.25, -0.2) is 9.50 Å². The number of hydrogen-bond acceptors (Lipinski definition) is 3. The van der Waals surface area contributed by atoms with Crippen LogP contribution in [0.2, 0.25) is 0 Å². The predicted octanol–water partition coefficient (Wildman–Crippen LogP) is 3.16. The molecular formula is C20H25N3O2. The number of benzene rings is 1. The van der Waals surface area contributed by atoms with Gasteiger partial charge in [-0.2, -0.15) is 0 Å². The van der Waals surface area contributed by atoms with Crippen molar-refractivity contribution >= 4 is 5.65 Å². The van der Waals surface area contributed by atoms with E-state index >= 15 is 0 Å². The number of H-pyrrole nitrogens is 1. The highest BCUT2D eigenvalue weighted by Gasteiger charge is 2.19. The molecule has 2 heterocycles. The number of hydrogen-bond donors (Lipinski definition) is 2. The molecule has 0 atom stereocenters. The van der Waals surface area contributed by atoms with Gasteiger partial charge in [0.1, 0.15) is 0 Å². The van der Waals surface area contributed by atoms with Crippen molar-refractivity contribution in [2.45, 2.75) is 47.5 Å². The van der Waals surface area contributed by atoms with Crippen LogP contribution < -0.4 is 5.56 Å². The van der Waals surface area contributed by atoms with Crippen LogP contribution >= 0.6 is 0 Å². The average Bonchev–Trinajstić information content (AvgIpc) is 2.83. The molecule has 0 fully saturated rings. The first-order chi connectivity index (χ1) is 11.8. The number of aryl methyl sites for hydroxylation is 5. The fourth-order valence-electron chi connectivity index (χ4n) is 3.74. The summed E-state index contributed by atoms with van der Waals surface area (Å²) in [6, 6.07) is 4.32. The van der Waals surface area contributed by atoms with Gasteiger partial charge in [0.05, 0.1) is 0 Å². The Labute approximate surface area is 147 Å². The Bertz CT molecular complexity index is 989. The summed E-state index contributed by atoms with van der Waals surface area (Å²) in [6.07, 6.45) is 1.10. The Morgan fingerprint density at radius 1 is 1.08 bits per heavy atom. The van der Waals surface area contributed by atoms with Gasteiger partial charge in [0, 0.05) is 29.1 Å². The Hall–Kier alpha value is -2.40. The minimum Gasteiger partial charge on any atom is -0.396 e. The lowest BCUT2D eigenvalue weighted by Crippen LogP contribution is -2.22. The molecule has 0 aliphatic carbocycles. The van der Waals surface area contributed by atoms with Gasteiger partial charge in [0.15, 0.2) is 5.65 Å². The molecule has 25 heavy (non-hydrogen) atoms. The van der Waals surface area contributed by atoms with Crippen LogP contribution in [0, 0.1) is 34.6 Å². The lowest BCUT2D eigenvalue weighted by Gasteiger charge is -2.12. The summed E-state index contributed by atoms with van der Waals surface area (Å²) in [5, 5.41) is 12.3. The van der Waals surface area contributed by atoms with Crippen LogP contribution in [-0.4, -0.2) is 26.3 Å². The van der Waals surface area contributed by atoms with Gasteiger partial charge in [0.2, 0.25) is 0 Å². The lowest BCUT2D eigenvalue weighted by atomic mass is 9.94. The van der Waals surface area contributed by atoms with E-state index in [2.05, 4.69) is 38.0 Å². The number of aliphatic hydroxyl groups is 1. The fraction of sp³-hybridized carbons (Fsp3) is 0.400. The van der Waals surface area contributed by atoms with E-state index in [1.165, 1.54) is 16.7 Å². The molecule has 3 rings (SSSR count). The molecule has 0 spiro atoms. The lowest BCUT2D eigenvalue weighted by molar-refractivity contribution is 0.288. The fourth-order valence-corrected chi connectivity index (χ4v) is 3.74. The van der Waals surface area contributed by atoms with E-state index in [9.17, 15) is 4.79 Å². The zero-order chi connectivity index (χ0) is 18.3. The molecule has 132 valence electrons. The Balaban J connectivity index is 2.32. The van der Waals surface area contributed by atoms with Gasteiger partial charge >= 0.3 is 0 Å². The number of aromatic nitrogens is 3. The average molecular weight is 339 g/mol. The third-order valence-corrected chi connectivity index (χ3v) is 4.77. The van der Waals surface area contributed by atoms with Gasteiger partial charge in [-0.15, -0.1) is 0 Å². The quantitative estimate of drug-likeness (QED) is 0.767. The standard InChI is InChI=1S/C20H25N3O2/c1-11-9-12(2)17(13(3)10-11)18-15(5)22-23-19(18)21-14(4)16(20(23)25)7-6-8-24/h9-10,22,24H,6-8H2,1-5H3. The van der Waals surface area contributed by atoms with E-state index in [1.807, 2.05) is 13.8 Å². The first-order valence-corrected chi connectivity index (χ1v) is 8.65. The molecule has 0 saturated carbocycles. The van der Waals surface area contributed by atoms with E-state index in [4.69, 9.17) is 10.1 Å². The molecule has 0 aliphatic heterocycles. The van der Waals surface area contributed by atoms with E-state index in [1.54, 1.807) is 4.52 Å². The number of nitrogens with zero attached hydrogens (tertiary/aromatic N) is 2. The number of aromatic amines is 1. The second-order valence-corrected chi connectivity index (χ2v) is 6.85. The van der Waals surface area contributed by atoms with Crippen LogP contribution in [0.15, 0.2) is 16.9 Å². The Morgan fingerprint density at radius 2 is 1.72 bits per heavy atom. The minimum absolute atomic E-state index is 0.0678. The predicted molar refractivity (Wildman–Crippen MR) is 100 cm³/mol. The molecule has 5 heteroatoms. The summed E-state index contributed by atoms with van der Waals surface area (Å²) >= 11 is 0. The third-order valence-electron chi connectivity index (χ3n) is 4.77. The zero-order valence-electron chi connectivity index (χ0n) is 15.5. The summed E-state index contributed by atoms with van der Waals surface area (Å²) < 4.78 is 1.54. The maximum Gasteiger partial charge on any atom is 0.276 e. The van der Waals surface area contributed by atoms with Crippen LogP contribution in [-0.2, 0) is 6.42 Å². The molecule has 2 N–H and O–H groups in total. The normalized spacial score (nSPS) is 11.4. The maximum absolute atomic E-state index is 12.9. The highest BCUT2D eigenvalue weighted by atomic mass is 16.3. The van der Waals surface area contributed by atoms with Crippen molar-refractivity contribution in [3.05, 3.63) is 56.1 Å². The van der Waals surface area contributed by atoms with Crippen LogP contribution in [0.25, 0.3) is 16.8 Å². The molecule has 0 bridgehead atoms. The van der Waals surface area contributed by atoms with Crippen LogP contribution in [0.3, 0.4) is 0 Å². The van der Waals surface area contributed by atoms with Crippen molar-refractivity contribution < 1.29 is 5.11 Å². The second-order valence-electron chi connectivity index (χ2n) is 6.85. The number of rotatable bonds is 4. The van der Waals surface area contributed by atoms with E-state index in [-0.39, 0.29) is 12.2 Å². The molecule has 0 amide bonds.